The van der Waals surface area contributed by atoms with E-state index >= 15 is 0 Å². The number of anilines is 1. The molecule has 0 saturated heterocycles. The second-order valence-electron chi connectivity index (χ2n) is 2.05. The van der Waals surface area contributed by atoms with E-state index < -0.39 is 0 Å². The van der Waals surface area contributed by atoms with Gasteiger partial charge in [-0.1, -0.05) is 0 Å². The van der Waals surface area contributed by atoms with Crippen molar-refractivity contribution in [2.75, 3.05) is 5.73 Å². The summed E-state index contributed by atoms with van der Waals surface area (Å²) in [6.07, 6.45) is 2.85. The minimum absolute atomic E-state index is 0.768. The first-order valence-electron chi connectivity index (χ1n) is 2.89. The molecule has 2 aromatic rings. The van der Waals surface area contributed by atoms with Crippen molar-refractivity contribution in [2.45, 2.75) is 0 Å². The summed E-state index contributed by atoms with van der Waals surface area (Å²) in [6, 6.07) is 5.70. The molecule has 0 atom stereocenters. The van der Waals surface area contributed by atoms with Crippen molar-refractivity contribution in [3.05, 3.63) is 24.4 Å². The van der Waals surface area contributed by atoms with Crippen LogP contribution in [0.15, 0.2) is 18.2 Å². The van der Waals surface area contributed by atoms with E-state index in [-0.39, 0.29) is 0 Å². The highest BCUT2D eigenvalue weighted by atomic mass is 32.1. The average Bonchev–Trinajstić information content (AvgIpc) is 2.33. The maximum Gasteiger partial charge on any atom is 0.112 e. The van der Waals surface area contributed by atoms with Gasteiger partial charge >= 0.3 is 0 Å². The zero-order chi connectivity index (χ0) is 6.97. The van der Waals surface area contributed by atoms with Gasteiger partial charge in [0.1, 0.15) is 6.20 Å². The molecule has 0 saturated carbocycles. The molecular formula is C7H5N2S. The molecule has 10 heavy (non-hydrogen) atoms. The summed E-state index contributed by atoms with van der Waals surface area (Å²) in [5.41, 5.74) is 6.31. The standard InChI is InChI=1S/C7H5N2S/c8-6-1-2-7-5(3-6)4-9-10-7/h1-3H,8H2. The van der Waals surface area contributed by atoms with Crippen LogP contribution < -0.4 is 5.73 Å². The highest BCUT2D eigenvalue weighted by molar-refractivity contribution is 7.13. The van der Waals surface area contributed by atoms with Crippen LogP contribution in [0.3, 0.4) is 0 Å². The SMILES string of the molecule is Nc1ccc2sn[c]c2c1. The molecule has 0 fully saturated rings. The van der Waals surface area contributed by atoms with Gasteiger partial charge in [0, 0.05) is 11.1 Å². The summed E-state index contributed by atoms with van der Waals surface area (Å²) >= 11 is 1.43. The zero-order valence-electron chi connectivity index (χ0n) is 5.16. The highest BCUT2D eigenvalue weighted by Gasteiger charge is 1.94. The van der Waals surface area contributed by atoms with Crippen LogP contribution >= 0.6 is 11.5 Å². The molecule has 3 heteroatoms. The van der Waals surface area contributed by atoms with Crippen molar-refractivity contribution in [3.8, 4) is 0 Å². The molecule has 1 aromatic carbocycles. The van der Waals surface area contributed by atoms with Crippen molar-refractivity contribution < 1.29 is 0 Å². The topological polar surface area (TPSA) is 38.9 Å². The monoisotopic (exact) mass is 149 g/mol. The number of fused-ring (bicyclic) bond motifs is 1. The van der Waals surface area contributed by atoms with E-state index in [4.69, 9.17) is 5.73 Å². The summed E-state index contributed by atoms with van der Waals surface area (Å²) in [7, 11) is 0. The molecular weight excluding hydrogens is 144 g/mol. The Balaban J connectivity index is 2.86. The number of nitrogen functional groups attached to an aromatic ring is 1. The molecule has 0 aliphatic heterocycles. The summed E-state index contributed by atoms with van der Waals surface area (Å²) < 4.78 is 5.04. The normalized spacial score (nSPS) is 10.4. The maximum atomic E-state index is 5.54. The maximum absolute atomic E-state index is 5.54. The Hall–Kier alpha value is -1.09. The van der Waals surface area contributed by atoms with Crippen LogP contribution in [0.4, 0.5) is 5.69 Å². The zero-order valence-corrected chi connectivity index (χ0v) is 5.98. The molecule has 2 nitrogen and oxygen atoms in total. The van der Waals surface area contributed by atoms with Crippen molar-refractivity contribution in [2.24, 2.45) is 0 Å². The number of nitrogens with zero attached hydrogens (tertiary/aromatic N) is 1. The Morgan fingerprint density at radius 3 is 3.30 bits per heavy atom. The molecule has 1 aromatic heterocycles. The van der Waals surface area contributed by atoms with Gasteiger partial charge in [-0.15, -0.1) is 0 Å². The van der Waals surface area contributed by atoms with Gasteiger partial charge < -0.3 is 5.73 Å². The summed E-state index contributed by atoms with van der Waals surface area (Å²) in [6.45, 7) is 0. The van der Waals surface area contributed by atoms with Crippen LogP contribution in [-0.2, 0) is 0 Å². The van der Waals surface area contributed by atoms with Crippen molar-refractivity contribution in [1.82, 2.24) is 4.37 Å². The minimum atomic E-state index is 0.768. The van der Waals surface area contributed by atoms with E-state index in [2.05, 4.69) is 10.6 Å². The first kappa shape index (κ1) is 5.68. The van der Waals surface area contributed by atoms with E-state index in [0.717, 1.165) is 15.8 Å². The second-order valence-corrected chi connectivity index (χ2v) is 2.85. The van der Waals surface area contributed by atoms with E-state index in [0.29, 0.717) is 0 Å². The number of rotatable bonds is 0. The molecule has 1 radical (unpaired) electrons. The fourth-order valence-electron chi connectivity index (χ4n) is 0.836. The minimum Gasteiger partial charge on any atom is -0.399 e. The lowest BCUT2D eigenvalue weighted by molar-refractivity contribution is 1.58. The number of aromatic nitrogens is 1. The van der Waals surface area contributed by atoms with Gasteiger partial charge in [-0.25, -0.2) is 0 Å². The summed E-state index contributed by atoms with van der Waals surface area (Å²) in [5, 5.41) is 1.00. The van der Waals surface area contributed by atoms with Gasteiger partial charge in [0.25, 0.3) is 0 Å². The van der Waals surface area contributed by atoms with Gasteiger partial charge in [0.05, 0.1) is 4.70 Å². The lowest BCUT2D eigenvalue weighted by Gasteiger charge is -1.88. The van der Waals surface area contributed by atoms with Crippen LogP contribution in [0.2, 0.25) is 0 Å². The van der Waals surface area contributed by atoms with E-state index in [1.54, 1.807) is 0 Å². The molecule has 0 aliphatic rings. The molecule has 49 valence electrons. The molecule has 0 bridgehead atoms. The first-order chi connectivity index (χ1) is 4.86. The molecule has 0 spiro atoms. The number of hydrogen-bond donors (Lipinski definition) is 1. The van der Waals surface area contributed by atoms with Gasteiger partial charge in [-0.3, -0.25) is 0 Å². The third-order valence-corrected chi connectivity index (χ3v) is 2.05. The van der Waals surface area contributed by atoms with Crippen molar-refractivity contribution in [1.29, 1.82) is 0 Å². The van der Waals surface area contributed by atoms with Gasteiger partial charge in [0.2, 0.25) is 0 Å². The number of benzene rings is 1. The molecule has 0 aliphatic carbocycles. The van der Waals surface area contributed by atoms with Crippen molar-refractivity contribution >= 4 is 27.3 Å². The van der Waals surface area contributed by atoms with Crippen LogP contribution in [0.25, 0.3) is 10.1 Å². The Morgan fingerprint density at radius 1 is 1.50 bits per heavy atom. The van der Waals surface area contributed by atoms with Crippen molar-refractivity contribution in [3.63, 3.8) is 0 Å². The number of nitrogens with two attached hydrogens (primary N) is 1. The smallest absolute Gasteiger partial charge is 0.112 e. The van der Waals surface area contributed by atoms with E-state index in [1.165, 1.54) is 11.5 Å². The predicted molar refractivity (Wildman–Crippen MR) is 42.9 cm³/mol. The highest BCUT2D eigenvalue weighted by Crippen LogP contribution is 2.19. The third kappa shape index (κ3) is 0.752. The third-order valence-electron chi connectivity index (χ3n) is 1.31. The van der Waals surface area contributed by atoms with Gasteiger partial charge in [-0.2, -0.15) is 4.37 Å². The Kier molecular flexibility index (Phi) is 1.11. The molecule has 0 amide bonds. The second kappa shape index (κ2) is 1.95. The molecule has 2 N–H and O–H groups in total. The predicted octanol–water partition coefficient (Wildman–Crippen LogP) is 1.68. The van der Waals surface area contributed by atoms with Gasteiger partial charge in [-0.05, 0) is 29.7 Å². The molecule has 0 unspecified atom stereocenters. The van der Waals surface area contributed by atoms with Gasteiger partial charge in [0.15, 0.2) is 0 Å². The van der Waals surface area contributed by atoms with E-state index in [1.807, 2.05) is 18.2 Å². The Bertz CT molecular complexity index is 353. The Morgan fingerprint density at radius 2 is 2.40 bits per heavy atom. The van der Waals surface area contributed by atoms with Crippen LogP contribution in [0.5, 0.6) is 0 Å². The van der Waals surface area contributed by atoms with E-state index in [9.17, 15) is 0 Å². The lowest BCUT2D eigenvalue weighted by atomic mass is 10.2. The fraction of sp³-hybridized carbons (Fsp3) is 0. The van der Waals surface area contributed by atoms with Crippen LogP contribution in [0, 0.1) is 6.20 Å². The van der Waals surface area contributed by atoms with Crippen LogP contribution in [0.1, 0.15) is 0 Å². The van der Waals surface area contributed by atoms with Crippen LogP contribution in [-0.4, -0.2) is 4.37 Å². The number of hydrogen-bond acceptors (Lipinski definition) is 3. The largest absolute Gasteiger partial charge is 0.399 e. The lowest BCUT2D eigenvalue weighted by Crippen LogP contribution is -1.80. The first-order valence-corrected chi connectivity index (χ1v) is 3.66. The fourth-order valence-corrected chi connectivity index (χ4v) is 1.41. The Labute approximate surface area is 62.5 Å². The average molecular weight is 149 g/mol. The molecule has 1 heterocycles. The summed E-state index contributed by atoms with van der Waals surface area (Å²) in [4.78, 5) is 0. The molecule has 2 rings (SSSR count). The quantitative estimate of drug-likeness (QED) is 0.579. The summed E-state index contributed by atoms with van der Waals surface area (Å²) in [5.74, 6) is 0.